The predicted octanol–water partition coefficient (Wildman–Crippen LogP) is 2.70. The summed E-state index contributed by atoms with van der Waals surface area (Å²) in [7, 11) is 0. The van der Waals surface area contributed by atoms with E-state index < -0.39 is 0 Å². The Labute approximate surface area is 111 Å². The molecule has 0 bridgehead atoms. The van der Waals surface area contributed by atoms with Crippen LogP contribution in [0.5, 0.6) is 0 Å². The molecule has 0 saturated carbocycles. The van der Waals surface area contributed by atoms with E-state index in [1.807, 2.05) is 18.2 Å². The maximum Gasteiger partial charge on any atom is 0.193 e. The van der Waals surface area contributed by atoms with Crippen LogP contribution in [0.3, 0.4) is 0 Å². The number of hydrogen-bond donors (Lipinski definition) is 1. The summed E-state index contributed by atoms with van der Waals surface area (Å²) in [4.78, 5) is 12.5. The third kappa shape index (κ3) is 2.29. The van der Waals surface area contributed by atoms with Gasteiger partial charge >= 0.3 is 0 Å². The minimum atomic E-state index is -0.323. The molecule has 0 amide bonds. The van der Waals surface area contributed by atoms with Crippen LogP contribution in [0, 0.1) is 5.82 Å². The molecule has 3 rings (SSSR count). The molecule has 0 aliphatic carbocycles. The highest BCUT2D eigenvalue weighted by Gasteiger charge is 2.18. The van der Waals surface area contributed by atoms with Gasteiger partial charge in [0.05, 0.1) is 0 Å². The van der Waals surface area contributed by atoms with Crippen molar-refractivity contribution in [2.45, 2.75) is 13.0 Å². The molecule has 0 unspecified atom stereocenters. The highest BCUT2D eigenvalue weighted by Crippen LogP contribution is 2.21. The fourth-order valence-corrected chi connectivity index (χ4v) is 2.50. The number of carbonyl (C=O) groups excluding carboxylic acids is 1. The Kier molecular flexibility index (Phi) is 3.13. The standard InChI is InChI=1S/C16H14FNO/c17-13-6-4-11(5-7-13)16(19)15-3-1-2-12-10-18-9-8-14(12)15/h1-7,18H,8-10H2. The van der Waals surface area contributed by atoms with Crippen molar-refractivity contribution in [1.29, 1.82) is 0 Å². The van der Waals surface area contributed by atoms with Crippen LogP contribution in [0.15, 0.2) is 42.5 Å². The first-order valence-electron chi connectivity index (χ1n) is 6.37. The van der Waals surface area contributed by atoms with Crippen molar-refractivity contribution < 1.29 is 9.18 Å². The molecule has 96 valence electrons. The van der Waals surface area contributed by atoms with Crippen LogP contribution in [0.25, 0.3) is 0 Å². The van der Waals surface area contributed by atoms with Gasteiger partial charge in [-0.2, -0.15) is 0 Å². The molecular formula is C16H14FNO. The normalized spacial score (nSPS) is 13.9. The van der Waals surface area contributed by atoms with E-state index in [0.29, 0.717) is 5.56 Å². The van der Waals surface area contributed by atoms with Crippen LogP contribution >= 0.6 is 0 Å². The summed E-state index contributed by atoms with van der Waals surface area (Å²) in [5.74, 6) is -0.352. The van der Waals surface area contributed by atoms with Gasteiger partial charge in [-0.25, -0.2) is 4.39 Å². The van der Waals surface area contributed by atoms with Crippen LogP contribution in [0.1, 0.15) is 27.0 Å². The van der Waals surface area contributed by atoms with Gasteiger partial charge in [-0.05, 0) is 48.4 Å². The first-order chi connectivity index (χ1) is 9.25. The minimum Gasteiger partial charge on any atom is -0.312 e. The minimum absolute atomic E-state index is 0.0289. The second-order valence-corrected chi connectivity index (χ2v) is 4.71. The molecule has 1 heterocycles. The van der Waals surface area contributed by atoms with E-state index in [9.17, 15) is 9.18 Å². The summed E-state index contributed by atoms with van der Waals surface area (Å²) in [5, 5.41) is 3.29. The summed E-state index contributed by atoms with van der Waals surface area (Å²) < 4.78 is 12.9. The van der Waals surface area contributed by atoms with E-state index in [1.165, 1.54) is 29.8 Å². The van der Waals surface area contributed by atoms with E-state index in [4.69, 9.17) is 0 Å². The summed E-state index contributed by atoms with van der Waals surface area (Å²) in [6, 6.07) is 11.5. The molecule has 1 aliphatic heterocycles. The van der Waals surface area contributed by atoms with E-state index in [-0.39, 0.29) is 11.6 Å². The van der Waals surface area contributed by atoms with E-state index >= 15 is 0 Å². The van der Waals surface area contributed by atoms with Gasteiger partial charge in [-0.15, -0.1) is 0 Å². The topological polar surface area (TPSA) is 29.1 Å². The van der Waals surface area contributed by atoms with Crippen LogP contribution in [-0.2, 0) is 13.0 Å². The van der Waals surface area contributed by atoms with Gasteiger partial charge in [-0.1, -0.05) is 18.2 Å². The number of rotatable bonds is 2. The number of fused-ring (bicyclic) bond motifs is 1. The zero-order valence-corrected chi connectivity index (χ0v) is 10.4. The molecular weight excluding hydrogens is 241 g/mol. The molecule has 0 atom stereocenters. The maximum atomic E-state index is 12.9. The highest BCUT2D eigenvalue weighted by molar-refractivity contribution is 6.10. The van der Waals surface area contributed by atoms with Crippen molar-refractivity contribution in [3.05, 3.63) is 70.5 Å². The third-order valence-electron chi connectivity index (χ3n) is 3.49. The van der Waals surface area contributed by atoms with E-state index in [2.05, 4.69) is 5.32 Å². The van der Waals surface area contributed by atoms with Gasteiger partial charge in [0.25, 0.3) is 0 Å². The van der Waals surface area contributed by atoms with Crippen LogP contribution in [-0.4, -0.2) is 12.3 Å². The number of ketones is 1. The smallest absolute Gasteiger partial charge is 0.193 e. The Bertz CT molecular complexity index is 619. The van der Waals surface area contributed by atoms with Crippen molar-refractivity contribution in [1.82, 2.24) is 5.32 Å². The first-order valence-corrected chi connectivity index (χ1v) is 6.37. The van der Waals surface area contributed by atoms with Crippen molar-refractivity contribution >= 4 is 5.78 Å². The third-order valence-corrected chi connectivity index (χ3v) is 3.49. The Hall–Kier alpha value is -2.00. The quantitative estimate of drug-likeness (QED) is 0.836. The van der Waals surface area contributed by atoms with Crippen LogP contribution < -0.4 is 5.32 Å². The van der Waals surface area contributed by atoms with Gasteiger partial charge in [0, 0.05) is 17.7 Å². The molecule has 2 nitrogen and oxygen atoms in total. The Balaban J connectivity index is 2.02. The predicted molar refractivity (Wildman–Crippen MR) is 71.7 cm³/mol. The molecule has 1 N–H and O–H groups in total. The molecule has 2 aromatic rings. The number of hydrogen-bond acceptors (Lipinski definition) is 2. The molecule has 3 heteroatoms. The first kappa shape index (κ1) is 12.1. The lowest BCUT2D eigenvalue weighted by Crippen LogP contribution is -2.25. The van der Waals surface area contributed by atoms with Crippen LogP contribution in [0.2, 0.25) is 0 Å². The molecule has 0 aromatic heterocycles. The van der Waals surface area contributed by atoms with E-state index in [1.54, 1.807) is 0 Å². The highest BCUT2D eigenvalue weighted by atomic mass is 19.1. The maximum absolute atomic E-state index is 12.9. The lowest BCUT2D eigenvalue weighted by molar-refractivity contribution is 0.103. The van der Waals surface area contributed by atoms with Crippen LogP contribution in [0.4, 0.5) is 4.39 Å². The summed E-state index contributed by atoms with van der Waals surface area (Å²) in [6.45, 7) is 1.70. The fraction of sp³-hybridized carbons (Fsp3) is 0.188. The molecule has 0 radical (unpaired) electrons. The lowest BCUT2D eigenvalue weighted by Gasteiger charge is -2.19. The van der Waals surface area contributed by atoms with E-state index in [0.717, 1.165) is 30.6 Å². The Morgan fingerprint density at radius 3 is 2.68 bits per heavy atom. The van der Waals surface area contributed by atoms with Gasteiger partial charge in [0.1, 0.15) is 5.82 Å². The number of halogens is 1. The summed E-state index contributed by atoms with van der Waals surface area (Å²) in [6.07, 6.45) is 0.860. The van der Waals surface area contributed by atoms with Crippen molar-refractivity contribution in [2.75, 3.05) is 6.54 Å². The Morgan fingerprint density at radius 2 is 1.89 bits per heavy atom. The molecule has 2 aromatic carbocycles. The average molecular weight is 255 g/mol. The second kappa shape index (κ2) is 4.94. The monoisotopic (exact) mass is 255 g/mol. The molecule has 19 heavy (non-hydrogen) atoms. The summed E-state index contributed by atoms with van der Waals surface area (Å²) in [5.41, 5.74) is 3.58. The molecule has 0 spiro atoms. The molecule has 1 aliphatic rings. The number of nitrogens with one attached hydrogen (secondary N) is 1. The zero-order valence-electron chi connectivity index (χ0n) is 10.4. The van der Waals surface area contributed by atoms with Gasteiger partial charge < -0.3 is 5.32 Å². The van der Waals surface area contributed by atoms with Crippen molar-refractivity contribution in [2.24, 2.45) is 0 Å². The van der Waals surface area contributed by atoms with Gasteiger partial charge in [0.2, 0.25) is 0 Å². The largest absolute Gasteiger partial charge is 0.312 e. The van der Waals surface area contributed by atoms with Gasteiger partial charge in [0.15, 0.2) is 5.78 Å². The van der Waals surface area contributed by atoms with Crippen molar-refractivity contribution in [3.63, 3.8) is 0 Å². The SMILES string of the molecule is O=C(c1ccc(F)cc1)c1cccc2c1CCNC2. The number of carbonyl (C=O) groups is 1. The van der Waals surface area contributed by atoms with Crippen molar-refractivity contribution in [3.8, 4) is 0 Å². The number of benzene rings is 2. The fourth-order valence-electron chi connectivity index (χ4n) is 2.50. The zero-order chi connectivity index (χ0) is 13.2. The summed E-state index contributed by atoms with van der Waals surface area (Å²) >= 11 is 0. The van der Waals surface area contributed by atoms with Gasteiger partial charge in [-0.3, -0.25) is 4.79 Å². The Morgan fingerprint density at radius 1 is 1.11 bits per heavy atom. The molecule has 0 fully saturated rings. The lowest BCUT2D eigenvalue weighted by atomic mass is 9.91. The molecule has 0 saturated heterocycles. The average Bonchev–Trinajstić information content (AvgIpc) is 2.47. The second-order valence-electron chi connectivity index (χ2n) is 4.71.